The molecular formula is C13H14BrClF3NO. The Kier molecular flexibility index (Phi) is 6.33. The van der Waals surface area contributed by atoms with Crippen LogP contribution in [0.4, 0.5) is 13.2 Å². The average Bonchev–Trinajstić information content (AvgIpc) is 2.35. The predicted octanol–water partition coefficient (Wildman–Crippen LogP) is 4.61. The van der Waals surface area contributed by atoms with Crippen molar-refractivity contribution in [2.75, 3.05) is 6.54 Å². The summed E-state index contributed by atoms with van der Waals surface area (Å²) in [4.78, 5) is 11.8. The Labute approximate surface area is 128 Å². The second-order valence-corrected chi connectivity index (χ2v) is 5.82. The predicted molar refractivity (Wildman–Crippen MR) is 76.0 cm³/mol. The molecule has 1 unspecified atom stereocenters. The smallest absolute Gasteiger partial charge is 0.351 e. The molecule has 112 valence electrons. The Morgan fingerprint density at radius 1 is 1.45 bits per heavy atom. The first-order valence-corrected chi connectivity index (χ1v) is 7.27. The molecule has 0 bridgehead atoms. The van der Waals surface area contributed by atoms with Gasteiger partial charge in [0.05, 0.1) is 16.5 Å². The molecule has 0 radical (unpaired) electrons. The number of hydrogen-bond acceptors (Lipinski definition) is 1. The van der Waals surface area contributed by atoms with E-state index in [2.05, 4.69) is 21.2 Å². The molecule has 0 saturated carbocycles. The first-order valence-electron chi connectivity index (χ1n) is 6.04. The molecule has 1 rings (SSSR count). The van der Waals surface area contributed by atoms with Gasteiger partial charge in [-0.2, -0.15) is 13.2 Å². The lowest BCUT2D eigenvalue weighted by atomic mass is 10.1. The van der Waals surface area contributed by atoms with Gasteiger partial charge in [0.1, 0.15) is 0 Å². The van der Waals surface area contributed by atoms with E-state index in [1.54, 1.807) is 0 Å². The maximum Gasteiger partial charge on any atom is 0.417 e. The third-order valence-electron chi connectivity index (χ3n) is 2.62. The number of amides is 1. The van der Waals surface area contributed by atoms with Gasteiger partial charge in [0.25, 0.3) is 5.91 Å². The van der Waals surface area contributed by atoms with Crippen molar-refractivity contribution in [1.82, 2.24) is 5.32 Å². The molecule has 0 spiro atoms. The molecule has 1 aromatic carbocycles. The van der Waals surface area contributed by atoms with Gasteiger partial charge in [-0.05, 0) is 24.6 Å². The quantitative estimate of drug-likeness (QED) is 0.752. The fraction of sp³-hybridized carbons (Fsp3) is 0.462. The summed E-state index contributed by atoms with van der Waals surface area (Å²) in [5.74, 6) is -0.772. The van der Waals surface area contributed by atoms with Crippen molar-refractivity contribution in [3.05, 3.63) is 33.8 Å². The maximum atomic E-state index is 12.9. The molecular weight excluding hydrogens is 358 g/mol. The first-order chi connectivity index (χ1) is 9.25. The Morgan fingerprint density at radius 3 is 2.65 bits per heavy atom. The van der Waals surface area contributed by atoms with E-state index >= 15 is 0 Å². The number of carbonyl (C=O) groups is 1. The van der Waals surface area contributed by atoms with Gasteiger partial charge in [-0.3, -0.25) is 4.79 Å². The second-order valence-electron chi connectivity index (χ2n) is 4.28. The Bertz CT molecular complexity index is 479. The summed E-state index contributed by atoms with van der Waals surface area (Å²) in [5.41, 5.74) is -1.37. The van der Waals surface area contributed by atoms with Gasteiger partial charge >= 0.3 is 6.18 Å². The van der Waals surface area contributed by atoms with Crippen molar-refractivity contribution in [3.8, 4) is 0 Å². The van der Waals surface area contributed by atoms with E-state index < -0.39 is 23.2 Å². The van der Waals surface area contributed by atoms with Crippen molar-refractivity contribution in [2.24, 2.45) is 0 Å². The van der Waals surface area contributed by atoms with Gasteiger partial charge in [0, 0.05) is 11.0 Å². The summed E-state index contributed by atoms with van der Waals surface area (Å²) in [7, 11) is 0. The van der Waals surface area contributed by atoms with Crippen LogP contribution in [-0.4, -0.2) is 17.8 Å². The minimum absolute atomic E-state index is 0.140. The van der Waals surface area contributed by atoms with Crippen molar-refractivity contribution in [1.29, 1.82) is 0 Å². The van der Waals surface area contributed by atoms with Crippen LogP contribution >= 0.6 is 27.5 Å². The maximum absolute atomic E-state index is 12.9. The normalized spacial score (nSPS) is 13.1. The number of halogens is 5. The molecule has 0 saturated heterocycles. The zero-order chi connectivity index (χ0) is 15.3. The standard InChI is InChI=1S/C13H14BrClF3NO/c1-2-3-9(15)7-19-12(20)10-5-4-8(14)6-11(10)13(16,17)18/h4-6,9H,2-3,7H2,1H3,(H,19,20). The van der Waals surface area contributed by atoms with E-state index in [0.717, 1.165) is 18.6 Å². The number of alkyl halides is 4. The second kappa shape index (κ2) is 7.31. The summed E-state index contributed by atoms with van der Waals surface area (Å²) >= 11 is 8.89. The molecule has 0 aliphatic heterocycles. The van der Waals surface area contributed by atoms with E-state index in [-0.39, 0.29) is 16.4 Å². The van der Waals surface area contributed by atoms with Crippen LogP contribution in [0.5, 0.6) is 0 Å². The van der Waals surface area contributed by atoms with Gasteiger partial charge < -0.3 is 5.32 Å². The van der Waals surface area contributed by atoms with E-state index in [0.29, 0.717) is 6.42 Å². The molecule has 1 atom stereocenters. The van der Waals surface area contributed by atoms with Crippen molar-refractivity contribution in [3.63, 3.8) is 0 Å². The van der Waals surface area contributed by atoms with Crippen LogP contribution in [-0.2, 0) is 6.18 Å². The number of rotatable bonds is 5. The molecule has 0 fully saturated rings. The van der Waals surface area contributed by atoms with E-state index in [9.17, 15) is 18.0 Å². The number of hydrogen-bond donors (Lipinski definition) is 1. The van der Waals surface area contributed by atoms with Gasteiger partial charge in [-0.25, -0.2) is 0 Å². The molecule has 0 aromatic heterocycles. The van der Waals surface area contributed by atoms with Gasteiger partial charge in [-0.1, -0.05) is 29.3 Å². The van der Waals surface area contributed by atoms with Crippen molar-refractivity contribution < 1.29 is 18.0 Å². The topological polar surface area (TPSA) is 29.1 Å². The van der Waals surface area contributed by atoms with E-state index in [1.807, 2.05) is 6.92 Å². The van der Waals surface area contributed by atoms with Crippen LogP contribution in [0.15, 0.2) is 22.7 Å². The zero-order valence-corrected chi connectivity index (χ0v) is 13.1. The number of benzene rings is 1. The van der Waals surface area contributed by atoms with Crippen LogP contribution in [0, 0.1) is 0 Å². The van der Waals surface area contributed by atoms with Crippen LogP contribution in [0.2, 0.25) is 0 Å². The molecule has 7 heteroatoms. The Morgan fingerprint density at radius 2 is 2.10 bits per heavy atom. The van der Waals surface area contributed by atoms with Crippen LogP contribution in [0.25, 0.3) is 0 Å². The lowest BCUT2D eigenvalue weighted by molar-refractivity contribution is -0.138. The summed E-state index contributed by atoms with van der Waals surface area (Å²) < 4.78 is 38.9. The summed E-state index contributed by atoms with van der Waals surface area (Å²) in [6, 6.07) is 3.43. The SMILES string of the molecule is CCCC(Cl)CNC(=O)c1ccc(Br)cc1C(F)(F)F. The summed E-state index contributed by atoms with van der Waals surface area (Å²) in [6.07, 6.45) is -3.05. The fourth-order valence-corrected chi connectivity index (χ4v) is 2.32. The van der Waals surface area contributed by atoms with Crippen LogP contribution in [0.3, 0.4) is 0 Å². The summed E-state index contributed by atoms with van der Waals surface area (Å²) in [6.45, 7) is 2.08. The molecule has 1 aromatic rings. The molecule has 0 heterocycles. The van der Waals surface area contributed by atoms with Gasteiger partial charge in [0.2, 0.25) is 0 Å². The highest BCUT2D eigenvalue weighted by atomic mass is 79.9. The minimum Gasteiger partial charge on any atom is -0.351 e. The van der Waals surface area contributed by atoms with Crippen molar-refractivity contribution >= 4 is 33.4 Å². The lowest BCUT2D eigenvalue weighted by Gasteiger charge is -2.14. The lowest BCUT2D eigenvalue weighted by Crippen LogP contribution is -2.31. The van der Waals surface area contributed by atoms with Gasteiger partial charge in [0.15, 0.2) is 0 Å². The van der Waals surface area contributed by atoms with Crippen molar-refractivity contribution in [2.45, 2.75) is 31.3 Å². The zero-order valence-electron chi connectivity index (χ0n) is 10.7. The summed E-state index contributed by atoms with van der Waals surface area (Å²) in [5, 5.41) is 2.15. The Balaban J connectivity index is 2.88. The third-order valence-corrected chi connectivity index (χ3v) is 3.48. The Hall–Kier alpha value is -0.750. The average molecular weight is 373 g/mol. The van der Waals surface area contributed by atoms with E-state index in [1.165, 1.54) is 6.07 Å². The molecule has 1 N–H and O–H groups in total. The van der Waals surface area contributed by atoms with E-state index in [4.69, 9.17) is 11.6 Å². The molecule has 20 heavy (non-hydrogen) atoms. The molecule has 0 aliphatic carbocycles. The van der Waals surface area contributed by atoms with Gasteiger partial charge in [-0.15, -0.1) is 11.6 Å². The highest BCUT2D eigenvalue weighted by Gasteiger charge is 2.35. The molecule has 0 aliphatic rings. The minimum atomic E-state index is -4.58. The monoisotopic (exact) mass is 371 g/mol. The highest BCUT2D eigenvalue weighted by molar-refractivity contribution is 9.10. The molecule has 2 nitrogen and oxygen atoms in total. The van der Waals surface area contributed by atoms with Crippen LogP contribution in [0.1, 0.15) is 35.7 Å². The highest BCUT2D eigenvalue weighted by Crippen LogP contribution is 2.33. The fourth-order valence-electron chi connectivity index (χ4n) is 1.66. The molecule has 1 amide bonds. The number of carbonyl (C=O) groups excluding carboxylic acids is 1. The number of nitrogens with one attached hydrogen (secondary N) is 1. The third kappa shape index (κ3) is 4.98. The largest absolute Gasteiger partial charge is 0.417 e. The van der Waals surface area contributed by atoms with Crippen LogP contribution < -0.4 is 5.32 Å². The first kappa shape index (κ1) is 17.3.